The lowest BCUT2D eigenvalue weighted by Crippen LogP contribution is -2.28. The van der Waals surface area contributed by atoms with Crippen molar-refractivity contribution in [3.8, 4) is 5.75 Å². The Balaban J connectivity index is 2.15. The predicted octanol–water partition coefficient (Wildman–Crippen LogP) is 0.0293. The number of nitrogen functional groups attached to an aromatic ring is 1. The second-order valence-electron chi connectivity index (χ2n) is 3.73. The molecule has 0 aliphatic rings. The lowest BCUT2D eigenvalue weighted by atomic mass is 10.3. The number of rotatable bonds is 7. The Morgan fingerprint density at radius 3 is 2.44 bits per heavy atom. The fourth-order valence-corrected chi connectivity index (χ4v) is 1.24. The zero-order valence-electron chi connectivity index (χ0n) is 10.0. The number of carbonyl (C=O) groups excluding carboxylic acids is 2. The topological polar surface area (TPSA) is 107 Å². The molecular formula is C12H17N3O3. The van der Waals surface area contributed by atoms with Gasteiger partial charge in [0.15, 0.2) is 0 Å². The first kappa shape index (κ1) is 13.8. The van der Waals surface area contributed by atoms with Crippen molar-refractivity contribution in [3.05, 3.63) is 24.3 Å². The van der Waals surface area contributed by atoms with E-state index in [0.29, 0.717) is 11.4 Å². The average Bonchev–Trinajstić information content (AvgIpc) is 2.31. The molecule has 0 aliphatic heterocycles. The minimum absolute atomic E-state index is 0.143. The Hall–Kier alpha value is -2.24. The van der Waals surface area contributed by atoms with E-state index in [4.69, 9.17) is 16.2 Å². The smallest absolute Gasteiger partial charge is 0.223 e. The molecule has 1 aromatic rings. The van der Waals surface area contributed by atoms with Crippen LogP contribution in [0.1, 0.15) is 12.8 Å². The molecule has 0 heterocycles. The van der Waals surface area contributed by atoms with E-state index in [9.17, 15) is 9.59 Å². The van der Waals surface area contributed by atoms with Gasteiger partial charge in [-0.3, -0.25) is 9.59 Å². The van der Waals surface area contributed by atoms with Gasteiger partial charge in [-0.2, -0.15) is 0 Å². The van der Waals surface area contributed by atoms with Gasteiger partial charge in [-0.15, -0.1) is 0 Å². The van der Waals surface area contributed by atoms with Crippen molar-refractivity contribution in [3.63, 3.8) is 0 Å². The molecule has 1 aromatic carbocycles. The zero-order valence-corrected chi connectivity index (χ0v) is 10.0. The van der Waals surface area contributed by atoms with E-state index in [1.165, 1.54) is 0 Å². The molecule has 0 spiro atoms. The summed E-state index contributed by atoms with van der Waals surface area (Å²) < 4.78 is 5.35. The van der Waals surface area contributed by atoms with Gasteiger partial charge in [-0.05, 0) is 24.3 Å². The van der Waals surface area contributed by atoms with Gasteiger partial charge >= 0.3 is 0 Å². The van der Waals surface area contributed by atoms with Crippen molar-refractivity contribution in [2.75, 3.05) is 18.9 Å². The highest BCUT2D eigenvalue weighted by Crippen LogP contribution is 2.12. The third-order valence-corrected chi connectivity index (χ3v) is 2.17. The van der Waals surface area contributed by atoms with Crippen molar-refractivity contribution in [1.82, 2.24) is 5.32 Å². The first-order valence-corrected chi connectivity index (χ1v) is 5.61. The Kier molecular flexibility index (Phi) is 5.50. The molecule has 1 rings (SSSR count). The van der Waals surface area contributed by atoms with Crippen LogP contribution in [0.3, 0.4) is 0 Å². The third kappa shape index (κ3) is 5.74. The fraction of sp³-hybridized carbons (Fsp3) is 0.333. The van der Waals surface area contributed by atoms with Crippen LogP contribution in [-0.4, -0.2) is 25.0 Å². The summed E-state index contributed by atoms with van der Waals surface area (Å²) in [5.74, 6) is 0.0502. The minimum atomic E-state index is -0.437. The van der Waals surface area contributed by atoms with Crippen molar-refractivity contribution >= 4 is 17.5 Å². The Labute approximate surface area is 105 Å². The van der Waals surface area contributed by atoms with Gasteiger partial charge in [0.2, 0.25) is 11.8 Å². The molecule has 98 valence electrons. The summed E-state index contributed by atoms with van der Waals surface area (Å²) in [5.41, 5.74) is 11.1. The summed E-state index contributed by atoms with van der Waals surface area (Å²) >= 11 is 0. The van der Waals surface area contributed by atoms with Crippen LogP contribution in [0, 0.1) is 0 Å². The summed E-state index contributed by atoms with van der Waals surface area (Å²) in [5, 5.41) is 2.57. The first-order valence-electron chi connectivity index (χ1n) is 5.61. The van der Waals surface area contributed by atoms with Crippen LogP contribution in [0.2, 0.25) is 0 Å². The van der Waals surface area contributed by atoms with Gasteiger partial charge in [0.25, 0.3) is 0 Å². The molecule has 0 atom stereocenters. The standard InChI is InChI=1S/C12H17N3O3/c13-9-1-3-10(4-2-9)18-8-6-12(17)15-7-5-11(14)16/h1-4H,5-8,13H2,(H2,14,16)(H,15,17). The molecule has 0 unspecified atom stereocenters. The molecular weight excluding hydrogens is 234 g/mol. The van der Waals surface area contributed by atoms with Crippen LogP contribution in [-0.2, 0) is 9.59 Å². The maximum absolute atomic E-state index is 11.3. The van der Waals surface area contributed by atoms with Crippen molar-refractivity contribution in [2.24, 2.45) is 5.73 Å². The summed E-state index contributed by atoms with van der Waals surface area (Å²) in [4.78, 5) is 21.7. The highest BCUT2D eigenvalue weighted by atomic mass is 16.5. The van der Waals surface area contributed by atoms with E-state index in [1.54, 1.807) is 24.3 Å². The van der Waals surface area contributed by atoms with Gasteiger partial charge in [-0.1, -0.05) is 0 Å². The molecule has 0 bridgehead atoms. The minimum Gasteiger partial charge on any atom is -0.493 e. The van der Waals surface area contributed by atoms with Gasteiger partial charge in [-0.25, -0.2) is 0 Å². The van der Waals surface area contributed by atoms with Gasteiger partial charge in [0, 0.05) is 18.7 Å². The monoisotopic (exact) mass is 251 g/mol. The number of ether oxygens (including phenoxy) is 1. The lowest BCUT2D eigenvalue weighted by molar-refractivity contribution is -0.121. The lowest BCUT2D eigenvalue weighted by Gasteiger charge is -2.06. The van der Waals surface area contributed by atoms with Gasteiger partial charge in [0.05, 0.1) is 13.0 Å². The average molecular weight is 251 g/mol. The zero-order chi connectivity index (χ0) is 13.4. The normalized spacial score (nSPS) is 9.78. The van der Waals surface area contributed by atoms with Gasteiger partial charge < -0.3 is 21.5 Å². The largest absolute Gasteiger partial charge is 0.493 e. The Bertz CT molecular complexity index is 404. The molecule has 18 heavy (non-hydrogen) atoms. The van der Waals surface area contributed by atoms with Crippen LogP contribution in [0.25, 0.3) is 0 Å². The van der Waals surface area contributed by atoms with Crippen LogP contribution in [0.15, 0.2) is 24.3 Å². The quantitative estimate of drug-likeness (QED) is 0.594. The van der Waals surface area contributed by atoms with Crippen molar-refractivity contribution < 1.29 is 14.3 Å². The Morgan fingerprint density at radius 1 is 1.17 bits per heavy atom. The van der Waals surface area contributed by atoms with E-state index in [2.05, 4.69) is 5.32 Å². The number of nitrogens with one attached hydrogen (secondary N) is 1. The second-order valence-corrected chi connectivity index (χ2v) is 3.73. The molecule has 2 amide bonds. The van der Waals surface area contributed by atoms with E-state index in [1.807, 2.05) is 0 Å². The molecule has 0 aromatic heterocycles. The van der Waals surface area contributed by atoms with E-state index < -0.39 is 5.91 Å². The number of nitrogens with two attached hydrogens (primary N) is 2. The number of hydrogen-bond acceptors (Lipinski definition) is 4. The fourth-order valence-electron chi connectivity index (χ4n) is 1.24. The van der Waals surface area contributed by atoms with E-state index in [-0.39, 0.29) is 31.9 Å². The molecule has 0 radical (unpaired) electrons. The maximum atomic E-state index is 11.3. The molecule has 0 saturated heterocycles. The van der Waals surface area contributed by atoms with Gasteiger partial charge in [0.1, 0.15) is 5.75 Å². The van der Waals surface area contributed by atoms with E-state index >= 15 is 0 Å². The number of hydrogen-bond donors (Lipinski definition) is 3. The number of amides is 2. The number of primary amides is 1. The summed E-state index contributed by atoms with van der Waals surface area (Å²) in [6, 6.07) is 6.92. The highest BCUT2D eigenvalue weighted by molar-refractivity contribution is 5.78. The third-order valence-electron chi connectivity index (χ3n) is 2.17. The molecule has 5 N–H and O–H groups in total. The second kappa shape index (κ2) is 7.16. The van der Waals surface area contributed by atoms with Crippen molar-refractivity contribution in [2.45, 2.75) is 12.8 Å². The Morgan fingerprint density at radius 2 is 1.83 bits per heavy atom. The number of benzene rings is 1. The summed E-state index contributed by atoms with van der Waals surface area (Å²) in [6.45, 7) is 0.530. The van der Waals surface area contributed by atoms with Crippen LogP contribution >= 0.6 is 0 Å². The number of carbonyl (C=O) groups is 2. The predicted molar refractivity (Wildman–Crippen MR) is 67.8 cm³/mol. The molecule has 0 fully saturated rings. The van der Waals surface area contributed by atoms with E-state index in [0.717, 1.165) is 0 Å². The first-order chi connectivity index (χ1) is 8.58. The molecule has 0 aliphatic carbocycles. The van der Waals surface area contributed by atoms with Crippen LogP contribution in [0.5, 0.6) is 5.75 Å². The molecule has 0 saturated carbocycles. The SMILES string of the molecule is NC(=O)CCNC(=O)CCOc1ccc(N)cc1. The van der Waals surface area contributed by atoms with Crippen LogP contribution in [0.4, 0.5) is 5.69 Å². The van der Waals surface area contributed by atoms with Crippen LogP contribution < -0.4 is 21.5 Å². The molecule has 6 nitrogen and oxygen atoms in total. The maximum Gasteiger partial charge on any atom is 0.223 e. The highest BCUT2D eigenvalue weighted by Gasteiger charge is 2.02. The summed E-state index contributed by atoms with van der Waals surface area (Å²) in [6.07, 6.45) is 0.369. The van der Waals surface area contributed by atoms with Crippen molar-refractivity contribution in [1.29, 1.82) is 0 Å². The number of anilines is 1. The molecule has 6 heteroatoms. The summed E-state index contributed by atoms with van der Waals surface area (Å²) in [7, 11) is 0.